The van der Waals surface area contributed by atoms with Gasteiger partial charge in [-0.05, 0) is 36.6 Å². The van der Waals surface area contributed by atoms with Crippen molar-refractivity contribution in [3.63, 3.8) is 0 Å². The molecule has 5 nitrogen and oxygen atoms in total. The molecule has 0 bridgehead atoms. The molecule has 1 aliphatic heterocycles. The van der Waals surface area contributed by atoms with Crippen molar-refractivity contribution in [2.45, 2.75) is 26.3 Å². The van der Waals surface area contributed by atoms with E-state index in [2.05, 4.69) is 4.98 Å². The maximum Gasteiger partial charge on any atom is 0.228 e. The van der Waals surface area contributed by atoms with Crippen LogP contribution in [0.1, 0.15) is 21.7 Å². The fourth-order valence-corrected chi connectivity index (χ4v) is 3.61. The summed E-state index contributed by atoms with van der Waals surface area (Å²) in [7, 11) is 3.27. The first-order valence-electron chi connectivity index (χ1n) is 7.53. The molecule has 0 unspecified atom stereocenters. The van der Waals surface area contributed by atoms with Gasteiger partial charge in [-0.2, -0.15) is 0 Å². The molecule has 0 radical (unpaired) electrons. The molecule has 1 aromatic heterocycles. The van der Waals surface area contributed by atoms with Crippen LogP contribution in [-0.4, -0.2) is 36.6 Å². The smallest absolute Gasteiger partial charge is 0.228 e. The number of methoxy groups -OCH3 is 2. The summed E-state index contributed by atoms with van der Waals surface area (Å²) in [6.07, 6.45) is 1.27. The van der Waals surface area contributed by atoms with Gasteiger partial charge in [-0.25, -0.2) is 4.98 Å². The van der Waals surface area contributed by atoms with E-state index in [4.69, 9.17) is 9.47 Å². The predicted octanol–water partition coefficient (Wildman–Crippen LogP) is 2.60. The minimum Gasteiger partial charge on any atom is -0.493 e. The van der Waals surface area contributed by atoms with Crippen molar-refractivity contribution in [1.29, 1.82) is 0 Å². The zero-order valence-corrected chi connectivity index (χ0v) is 14.4. The molecular weight excluding hydrogens is 312 g/mol. The Morgan fingerprint density at radius 2 is 1.96 bits per heavy atom. The van der Waals surface area contributed by atoms with E-state index in [9.17, 15) is 4.79 Å². The van der Waals surface area contributed by atoms with Crippen molar-refractivity contribution < 1.29 is 14.3 Å². The lowest BCUT2D eigenvalue weighted by atomic mass is 9.98. The van der Waals surface area contributed by atoms with Gasteiger partial charge in [0.25, 0.3) is 0 Å². The lowest BCUT2D eigenvalue weighted by Crippen LogP contribution is -2.36. The van der Waals surface area contributed by atoms with Crippen molar-refractivity contribution in [2.75, 3.05) is 20.8 Å². The second-order valence-electron chi connectivity index (χ2n) is 5.58. The lowest BCUT2D eigenvalue weighted by molar-refractivity contribution is -0.131. The van der Waals surface area contributed by atoms with Crippen LogP contribution in [0.5, 0.6) is 11.5 Å². The molecule has 0 spiro atoms. The van der Waals surface area contributed by atoms with Gasteiger partial charge < -0.3 is 14.4 Å². The van der Waals surface area contributed by atoms with Gasteiger partial charge in [-0.3, -0.25) is 4.79 Å². The van der Waals surface area contributed by atoms with Crippen LogP contribution in [0, 0.1) is 6.92 Å². The fourth-order valence-electron chi connectivity index (χ4n) is 2.84. The molecule has 0 N–H and O–H groups in total. The van der Waals surface area contributed by atoms with Gasteiger partial charge in [0.1, 0.15) is 0 Å². The Morgan fingerprint density at radius 1 is 1.26 bits per heavy atom. The number of thiazole rings is 1. The molecule has 1 aromatic carbocycles. The SMILES string of the molecule is COc1cc2c(cc1OC)CN(C(=O)Cc1scnc1C)CC2. The Bertz CT molecular complexity index is 727. The summed E-state index contributed by atoms with van der Waals surface area (Å²) in [5.41, 5.74) is 5.09. The van der Waals surface area contributed by atoms with E-state index in [0.29, 0.717) is 18.7 Å². The summed E-state index contributed by atoms with van der Waals surface area (Å²) in [6.45, 7) is 3.30. The number of carbonyl (C=O) groups excluding carboxylic acids is 1. The van der Waals surface area contributed by atoms with Gasteiger partial charge in [0.05, 0.1) is 31.8 Å². The summed E-state index contributed by atoms with van der Waals surface area (Å²) < 4.78 is 10.7. The normalized spacial score (nSPS) is 13.6. The Kier molecular flexibility index (Phi) is 4.52. The first-order valence-corrected chi connectivity index (χ1v) is 8.41. The number of hydrogen-bond acceptors (Lipinski definition) is 5. The number of fused-ring (bicyclic) bond motifs is 1. The molecule has 0 saturated carbocycles. The Labute approximate surface area is 139 Å². The van der Waals surface area contributed by atoms with Crippen LogP contribution >= 0.6 is 11.3 Å². The molecular formula is C17H20N2O3S. The summed E-state index contributed by atoms with van der Waals surface area (Å²) in [6, 6.07) is 3.99. The molecule has 1 aliphatic rings. The third kappa shape index (κ3) is 3.17. The standard InChI is InChI=1S/C17H20N2O3S/c1-11-16(23-10-18-11)8-17(20)19-5-4-12-6-14(21-2)15(22-3)7-13(12)9-19/h6-7,10H,4-5,8-9H2,1-3H3. The van der Waals surface area contributed by atoms with Crippen molar-refractivity contribution in [1.82, 2.24) is 9.88 Å². The first kappa shape index (κ1) is 15.8. The molecule has 0 aliphatic carbocycles. The minimum atomic E-state index is 0.151. The number of carbonyl (C=O) groups is 1. The Morgan fingerprint density at radius 3 is 2.57 bits per heavy atom. The monoisotopic (exact) mass is 332 g/mol. The Balaban J connectivity index is 1.77. The van der Waals surface area contributed by atoms with Crippen molar-refractivity contribution in [3.05, 3.63) is 39.3 Å². The molecule has 0 fully saturated rings. The van der Waals surface area contributed by atoms with E-state index in [1.165, 1.54) is 5.56 Å². The van der Waals surface area contributed by atoms with E-state index >= 15 is 0 Å². The van der Waals surface area contributed by atoms with E-state index in [0.717, 1.165) is 34.8 Å². The number of benzene rings is 1. The summed E-state index contributed by atoms with van der Waals surface area (Å²) in [4.78, 5) is 19.7. The van der Waals surface area contributed by atoms with Gasteiger partial charge in [0.15, 0.2) is 11.5 Å². The highest BCUT2D eigenvalue weighted by Gasteiger charge is 2.23. The van der Waals surface area contributed by atoms with Crippen molar-refractivity contribution in [3.8, 4) is 11.5 Å². The third-order valence-corrected chi connectivity index (χ3v) is 5.16. The zero-order chi connectivity index (χ0) is 16.4. The van der Waals surface area contributed by atoms with E-state index in [-0.39, 0.29) is 5.91 Å². The molecule has 23 heavy (non-hydrogen) atoms. The maximum atomic E-state index is 12.6. The average Bonchev–Trinajstić information content (AvgIpc) is 2.97. The largest absolute Gasteiger partial charge is 0.493 e. The second-order valence-corrected chi connectivity index (χ2v) is 6.52. The van der Waals surface area contributed by atoms with Crippen molar-refractivity contribution in [2.24, 2.45) is 0 Å². The Hall–Kier alpha value is -2.08. The van der Waals surface area contributed by atoms with Crippen LogP contribution in [0.2, 0.25) is 0 Å². The van der Waals surface area contributed by atoms with Crippen molar-refractivity contribution >= 4 is 17.2 Å². The second kappa shape index (κ2) is 6.58. The van der Waals surface area contributed by atoms with E-state index in [1.54, 1.807) is 31.1 Å². The summed E-state index contributed by atoms with van der Waals surface area (Å²) in [5.74, 6) is 1.60. The van der Waals surface area contributed by atoms with Gasteiger partial charge >= 0.3 is 0 Å². The lowest BCUT2D eigenvalue weighted by Gasteiger charge is -2.29. The number of amides is 1. The van der Waals surface area contributed by atoms with Crippen LogP contribution in [0.15, 0.2) is 17.6 Å². The average molecular weight is 332 g/mol. The molecule has 2 heterocycles. The molecule has 0 saturated heterocycles. The number of ether oxygens (including phenoxy) is 2. The van der Waals surface area contributed by atoms with Crippen LogP contribution in [0.4, 0.5) is 0 Å². The van der Waals surface area contributed by atoms with Gasteiger partial charge in [0.2, 0.25) is 5.91 Å². The highest BCUT2D eigenvalue weighted by molar-refractivity contribution is 7.09. The number of aryl methyl sites for hydroxylation is 1. The van der Waals surface area contributed by atoms with Crippen LogP contribution in [0.25, 0.3) is 0 Å². The summed E-state index contributed by atoms with van der Waals surface area (Å²) in [5, 5.41) is 0. The highest BCUT2D eigenvalue weighted by atomic mass is 32.1. The molecule has 3 rings (SSSR count). The fraction of sp³-hybridized carbons (Fsp3) is 0.412. The van der Waals surface area contributed by atoms with Crippen LogP contribution < -0.4 is 9.47 Å². The maximum absolute atomic E-state index is 12.6. The third-order valence-electron chi connectivity index (χ3n) is 4.23. The summed E-state index contributed by atoms with van der Waals surface area (Å²) >= 11 is 1.54. The quantitative estimate of drug-likeness (QED) is 0.863. The number of nitrogens with zero attached hydrogens (tertiary/aromatic N) is 2. The van der Waals surface area contributed by atoms with Gasteiger partial charge in [0, 0.05) is 18.0 Å². The number of rotatable bonds is 4. The number of hydrogen-bond donors (Lipinski definition) is 0. The van der Waals surface area contributed by atoms with E-state index < -0.39 is 0 Å². The van der Waals surface area contributed by atoms with Gasteiger partial charge in [-0.1, -0.05) is 0 Å². The predicted molar refractivity (Wildman–Crippen MR) is 89.2 cm³/mol. The van der Waals surface area contributed by atoms with Crippen LogP contribution in [-0.2, 0) is 24.2 Å². The molecule has 122 valence electrons. The van der Waals surface area contributed by atoms with Crippen LogP contribution in [0.3, 0.4) is 0 Å². The number of aromatic nitrogens is 1. The van der Waals surface area contributed by atoms with E-state index in [1.807, 2.05) is 24.0 Å². The molecule has 1 amide bonds. The zero-order valence-electron chi connectivity index (χ0n) is 13.6. The topological polar surface area (TPSA) is 51.7 Å². The first-order chi connectivity index (χ1) is 11.1. The molecule has 2 aromatic rings. The van der Waals surface area contributed by atoms with Gasteiger partial charge in [-0.15, -0.1) is 11.3 Å². The highest BCUT2D eigenvalue weighted by Crippen LogP contribution is 2.33. The minimum absolute atomic E-state index is 0.151. The molecule has 6 heteroatoms. The molecule has 0 atom stereocenters.